The second-order valence-corrected chi connectivity index (χ2v) is 9.25. The minimum absolute atomic E-state index is 0.192. The lowest BCUT2D eigenvalue weighted by molar-refractivity contribution is 0.102. The molecule has 7 nitrogen and oxygen atoms in total. The van der Waals surface area contributed by atoms with Crippen molar-refractivity contribution in [2.24, 2.45) is 0 Å². The zero-order valence-corrected chi connectivity index (χ0v) is 17.5. The maximum absolute atomic E-state index is 13.1. The molecule has 1 fully saturated rings. The Morgan fingerprint density at radius 2 is 1.80 bits per heavy atom. The Hall–Kier alpha value is -2.97. The van der Waals surface area contributed by atoms with Crippen molar-refractivity contribution in [3.8, 4) is 11.3 Å². The van der Waals surface area contributed by atoms with Gasteiger partial charge >= 0.3 is 0 Å². The number of hydrogen-bond donors (Lipinski definition) is 1. The van der Waals surface area contributed by atoms with Gasteiger partial charge in [-0.3, -0.25) is 4.79 Å². The lowest BCUT2D eigenvalue weighted by Gasteiger charge is -2.26. The van der Waals surface area contributed by atoms with Crippen LogP contribution in [0.3, 0.4) is 0 Å². The maximum atomic E-state index is 13.1. The number of aryl methyl sites for hydroxylation is 1. The highest BCUT2D eigenvalue weighted by Crippen LogP contribution is 2.25. The fourth-order valence-corrected chi connectivity index (χ4v) is 5.31. The van der Waals surface area contributed by atoms with Gasteiger partial charge in [-0.15, -0.1) is 0 Å². The van der Waals surface area contributed by atoms with Crippen LogP contribution in [0.15, 0.2) is 64.4 Å². The average Bonchev–Trinajstić information content (AvgIpc) is 3.30. The fourth-order valence-electron chi connectivity index (χ4n) is 3.54. The van der Waals surface area contributed by atoms with Crippen LogP contribution in [0.4, 0.5) is 5.69 Å². The molecule has 1 saturated heterocycles. The summed E-state index contributed by atoms with van der Waals surface area (Å²) in [5.74, 6) is 0.275. The number of carbonyl (C=O) groups excluding carboxylic acids is 1. The van der Waals surface area contributed by atoms with Crippen LogP contribution in [-0.2, 0) is 10.0 Å². The normalized spacial score (nSPS) is 15.1. The second kappa shape index (κ2) is 8.41. The lowest BCUT2D eigenvalue weighted by Crippen LogP contribution is -2.36. The van der Waals surface area contributed by atoms with E-state index in [-0.39, 0.29) is 10.8 Å². The summed E-state index contributed by atoms with van der Waals surface area (Å²) in [5, 5.41) is 2.81. The van der Waals surface area contributed by atoms with Crippen LogP contribution in [0.1, 0.15) is 35.2 Å². The van der Waals surface area contributed by atoms with Crippen molar-refractivity contribution in [3.63, 3.8) is 0 Å². The molecule has 0 aliphatic carbocycles. The Balaban J connectivity index is 1.54. The molecule has 30 heavy (non-hydrogen) atoms. The van der Waals surface area contributed by atoms with E-state index in [9.17, 15) is 13.2 Å². The average molecular weight is 426 g/mol. The predicted molar refractivity (Wildman–Crippen MR) is 114 cm³/mol. The minimum Gasteiger partial charge on any atom is -0.444 e. The van der Waals surface area contributed by atoms with Crippen molar-refractivity contribution in [3.05, 3.63) is 66.2 Å². The predicted octanol–water partition coefficient (Wildman–Crippen LogP) is 4.08. The smallest absolute Gasteiger partial charge is 0.255 e. The topological polar surface area (TPSA) is 92.5 Å². The number of oxazole rings is 1. The molecule has 1 aliphatic rings. The van der Waals surface area contributed by atoms with Gasteiger partial charge in [0.25, 0.3) is 5.91 Å². The van der Waals surface area contributed by atoms with E-state index in [0.29, 0.717) is 35.7 Å². The van der Waals surface area contributed by atoms with Gasteiger partial charge in [0.15, 0.2) is 12.2 Å². The first-order valence-corrected chi connectivity index (χ1v) is 11.3. The van der Waals surface area contributed by atoms with Crippen LogP contribution in [0.25, 0.3) is 11.3 Å². The molecule has 1 amide bonds. The molecule has 0 radical (unpaired) electrons. The van der Waals surface area contributed by atoms with E-state index in [2.05, 4.69) is 10.3 Å². The van der Waals surface area contributed by atoms with Crippen molar-refractivity contribution < 1.29 is 17.6 Å². The SMILES string of the molecule is Cc1ccc(C(=O)Nc2ccc(-c3cnco3)cc2)cc1S(=O)(=O)N1CCCCC1. The summed E-state index contributed by atoms with van der Waals surface area (Å²) in [5.41, 5.74) is 2.38. The summed E-state index contributed by atoms with van der Waals surface area (Å²) in [4.78, 5) is 16.8. The van der Waals surface area contributed by atoms with Crippen molar-refractivity contribution in [2.75, 3.05) is 18.4 Å². The Morgan fingerprint density at radius 3 is 2.47 bits per heavy atom. The van der Waals surface area contributed by atoms with Gasteiger partial charge in [-0.25, -0.2) is 13.4 Å². The van der Waals surface area contributed by atoms with Crippen molar-refractivity contribution in [1.29, 1.82) is 0 Å². The molecular formula is C22H23N3O4S. The third kappa shape index (κ3) is 4.15. The number of piperidine rings is 1. The summed E-state index contributed by atoms with van der Waals surface area (Å²) in [6.45, 7) is 2.80. The van der Waals surface area contributed by atoms with E-state index >= 15 is 0 Å². The fraction of sp³-hybridized carbons (Fsp3) is 0.273. The standard InChI is InChI=1S/C22H23N3O4S/c1-16-5-6-18(13-21(16)30(27,28)25-11-3-2-4-12-25)22(26)24-19-9-7-17(8-10-19)20-14-23-15-29-20/h5-10,13-15H,2-4,11-12H2,1H3,(H,24,26). The van der Waals surface area contributed by atoms with Crippen LogP contribution in [0, 0.1) is 6.92 Å². The molecular weight excluding hydrogens is 402 g/mol. The van der Waals surface area contributed by atoms with Crippen LogP contribution in [0.2, 0.25) is 0 Å². The molecule has 4 rings (SSSR count). The van der Waals surface area contributed by atoms with Crippen LogP contribution < -0.4 is 5.32 Å². The Morgan fingerprint density at radius 1 is 1.07 bits per heavy atom. The molecule has 1 N–H and O–H groups in total. The summed E-state index contributed by atoms with van der Waals surface area (Å²) in [6.07, 6.45) is 5.75. The second-order valence-electron chi connectivity index (χ2n) is 7.34. The number of anilines is 1. The molecule has 2 aromatic carbocycles. The number of nitrogens with one attached hydrogen (secondary N) is 1. The third-order valence-electron chi connectivity index (χ3n) is 5.24. The Labute approximate surface area is 175 Å². The number of nitrogens with zero attached hydrogens (tertiary/aromatic N) is 2. The number of benzene rings is 2. The molecule has 3 aromatic rings. The van der Waals surface area contributed by atoms with E-state index in [1.54, 1.807) is 37.4 Å². The van der Waals surface area contributed by atoms with Gasteiger partial charge in [-0.2, -0.15) is 4.31 Å². The zero-order valence-electron chi connectivity index (χ0n) is 16.7. The summed E-state index contributed by atoms with van der Waals surface area (Å²) >= 11 is 0. The largest absolute Gasteiger partial charge is 0.444 e. The highest BCUT2D eigenvalue weighted by Gasteiger charge is 2.28. The van der Waals surface area contributed by atoms with Crippen molar-refractivity contribution in [1.82, 2.24) is 9.29 Å². The Bertz CT molecular complexity index is 1130. The molecule has 0 bridgehead atoms. The van der Waals surface area contributed by atoms with Gasteiger partial charge < -0.3 is 9.73 Å². The van der Waals surface area contributed by atoms with E-state index in [1.807, 2.05) is 12.1 Å². The summed E-state index contributed by atoms with van der Waals surface area (Å²) < 4.78 is 32.9. The van der Waals surface area contributed by atoms with Gasteiger partial charge in [0.05, 0.1) is 11.1 Å². The monoisotopic (exact) mass is 425 g/mol. The van der Waals surface area contributed by atoms with E-state index in [4.69, 9.17) is 4.42 Å². The third-order valence-corrected chi connectivity index (χ3v) is 7.28. The first kappa shape index (κ1) is 20.3. The van der Waals surface area contributed by atoms with E-state index < -0.39 is 10.0 Å². The molecule has 8 heteroatoms. The van der Waals surface area contributed by atoms with E-state index in [0.717, 1.165) is 24.8 Å². The van der Waals surface area contributed by atoms with Crippen LogP contribution in [0.5, 0.6) is 0 Å². The molecule has 2 heterocycles. The summed E-state index contributed by atoms with van der Waals surface area (Å²) in [7, 11) is -3.62. The minimum atomic E-state index is -3.62. The summed E-state index contributed by atoms with van der Waals surface area (Å²) in [6, 6.07) is 11.9. The molecule has 0 unspecified atom stereocenters. The van der Waals surface area contributed by atoms with Crippen LogP contribution in [-0.4, -0.2) is 36.7 Å². The van der Waals surface area contributed by atoms with E-state index in [1.165, 1.54) is 16.8 Å². The molecule has 156 valence electrons. The number of hydrogen-bond acceptors (Lipinski definition) is 5. The van der Waals surface area contributed by atoms with Crippen LogP contribution >= 0.6 is 0 Å². The van der Waals surface area contributed by atoms with Crippen molar-refractivity contribution in [2.45, 2.75) is 31.1 Å². The lowest BCUT2D eigenvalue weighted by atomic mass is 10.1. The quantitative estimate of drug-likeness (QED) is 0.665. The zero-order chi connectivity index (χ0) is 21.1. The van der Waals surface area contributed by atoms with Crippen molar-refractivity contribution >= 4 is 21.6 Å². The highest BCUT2D eigenvalue weighted by atomic mass is 32.2. The molecule has 0 saturated carbocycles. The van der Waals surface area contributed by atoms with Gasteiger partial charge in [-0.1, -0.05) is 12.5 Å². The molecule has 0 spiro atoms. The van der Waals surface area contributed by atoms with Gasteiger partial charge in [-0.05, 0) is 61.7 Å². The van der Waals surface area contributed by atoms with Gasteiger partial charge in [0.1, 0.15) is 0 Å². The number of aromatic nitrogens is 1. The number of amides is 1. The molecule has 0 atom stereocenters. The van der Waals surface area contributed by atoms with Gasteiger partial charge in [0, 0.05) is 29.9 Å². The molecule has 1 aliphatic heterocycles. The van der Waals surface area contributed by atoms with Gasteiger partial charge in [0.2, 0.25) is 10.0 Å². The highest BCUT2D eigenvalue weighted by molar-refractivity contribution is 7.89. The molecule has 1 aromatic heterocycles. The number of carbonyl (C=O) groups is 1. The first-order valence-electron chi connectivity index (χ1n) is 9.86. The Kier molecular flexibility index (Phi) is 5.69. The number of sulfonamides is 1. The first-order chi connectivity index (χ1) is 14.4. The maximum Gasteiger partial charge on any atom is 0.255 e. The number of rotatable bonds is 5.